The number of nitrogens with one attached hydrogen (secondary N) is 1. The zero-order valence-corrected chi connectivity index (χ0v) is 6.90. The highest BCUT2D eigenvalue weighted by molar-refractivity contribution is 7.81. The van der Waals surface area contributed by atoms with Crippen LogP contribution in [-0.4, -0.2) is 16.4 Å². The average molecular weight is 163 g/mol. The second kappa shape index (κ2) is 5.56. The van der Waals surface area contributed by atoms with Gasteiger partial charge in [0.25, 0.3) is 0 Å². The van der Waals surface area contributed by atoms with E-state index >= 15 is 0 Å². The summed E-state index contributed by atoms with van der Waals surface area (Å²) in [5.41, 5.74) is 1.57. The summed E-state index contributed by atoms with van der Waals surface area (Å²) >= 11 is 4.13. The van der Waals surface area contributed by atoms with Crippen molar-refractivity contribution in [2.75, 3.05) is 0 Å². The van der Waals surface area contributed by atoms with Crippen LogP contribution in [0.15, 0.2) is 0 Å². The molecule has 1 atom stereocenters. The highest BCUT2D eigenvalue weighted by atomic mass is 32.1. The fourth-order valence-corrected chi connectivity index (χ4v) is 1.12. The van der Waals surface area contributed by atoms with Gasteiger partial charge in [0.1, 0.15) is 0 Å². The molecule has 2 N–H and O–H groups in total. The molecule has 0 rings (SSSR count). The Kier molecular flexibility index (Phi) is 5.43. The topological polar surface area (TPSA) is 49.3 Å². The van der Waals surface area contributed by atoms with Gasteiger partial charge in [-0.3, -0.25) is 10.0 Å². The van der Waals surface area contributed by atoms with Crippen molar-refractivity contribution in [2.45, 2.75) is 31.4 Å². The minimum atomic E-state index is -0.367. The van der Waals surface area contributed by atoms with E-state index in [-0.39, 0.29) is 17.6 Å². The van der Waals surface area contributed by atoms with Crippen LogP contribution in [0.2, 0.25) is 0 Å². The molecular weight excluding hydrogens is 150 g/mol. The zero-order valence-electron chi connectivity index (χ0n) is 6.00. The van der Waals surface area contributed by atoms with Crippen molar-refractivity contribution in [2.24, 2.45) is 0 Å². The van der Waals surface area contributed by atoms with Crippen molar-refractivity contribution in [3.05, 3.63) is 0 Å². The van der Waals surface area contributed by atoms with Crippen molar-refractivity contribution in [1.82, 2.24) is 5.48 Å². The van der Waals surface area contributed by atoms with Crippen molar-refractivity contribution >= 4 is 18.5 Å². The van der Waals surface area contributed by atoms with Crippen LogP contribution in [0.25, 0.3) is 0 Å². The number of carbonyl (C=O) groups is 1. The summed E-state index contributed by atoms with van der Waals surface area (Å²) < 4.78 is 0. The third kappa shape index (κ3) is 4.64. The molecule has 0 aromatic heterocycles. The van der Waals surface area contributed by atoms with Crippen LogP contribution >= 0.6 is 12.6 Å². The molecule has 1 amide bonds. The molecule has 4 heteroatoms. The second-order valence-corrected chi connectivity index (χ2v) is 2.91. The summed E-state index contributed by atoms with van der Waals surface area (Å²) in [6.45, 7) is 2.03. The third-order valence-electron chi connectivity index (χ3n) is 1.17. The summed E-state index contributed by atoms with van der Waals surface area (Å²) in [6, 6.07) is 0. The minimum Gasteiger partial charge on any atom is -0.289 e. The summed E-state index contributed by atoms with van der Waals surface area (Å²) in [5.74, 6) is -0.367. The Morgan fingerprint density at radius 2 is 2.40 bits per heavy atom. The highest BCUT2D eigenvalue weighted by Gasteiger charge is 2.06. The second-order valence-electron chi connectivity index (χ2n) is 2.18. The molecule has 1 unspecified atom stereocenters. The lowest BCUT2D eigenvalue weighted by molar-refractivity contribution is -0.129. The summed E-state index contributed by atoms with van der Waals surface area (Å²) in [4.78, 5) is 10.5. The van der Waals surface area contributed by atoms with Gasteiger partial charge in [0, 0.05) is 11.7 Å². The average Bonchev–Trinajstić information content (AvgIpc) is 1.88. The molecule has 0 fully saturated rings. The van der Waals surface area contributed by atoms with Gasteiger partial charge in [-0.05, 0) is 6.42 Å². The maximum atomic E-state index is 10.5. The molecule has 0 aliphatic heterocycles. The van der Waals surface area contributed by atoms with E-state index in [1.807, 2.05) is 6.92 Å². The Bertz CT molecular complexity index is 108. The quantitative estimate of drug-likeness (QED) is 0.329. The molecule has 0 aromatic carbocycles. The van der Waals surface area contributed by atoms with Crippen molar-refractivity contribution in [1.29, 1.82) is 0 Å². The lowest BCUT2D eigenvalue weighted by Crippen LogP contribution is -2.21. The molecule has 0 aliphatic rings. The maximum Gasteiger partial charge on any atom is 0.244 e. The Balaban J connectivity index is 3.37. The smallest absolute Gasteiger partial charge is 0.244 e. The molecule has 0 spiro atoms. The van der Waals surface area contributed by atoms with Gasteiger partial charge >= 0.3 is 0 Å². The van der Waals surface area contributed by atoms with Gasteiger partial charge in [-0.15, -0.1) is 0 Å². The predicted octanol–water partition coefficient (Wildman–Crippen LogP) is 0.980. The van der Waals surface area contributed by atoms with Gasteiger partial charge in [0.15, 0.2) is 0 Å². The van der Waals surface area contributed by atoms with Crippen LogP contribution < -0.4 is 5.48 Å². The number of hydrogen-bond donors (Lipinski definition) is 3. The minimum absolute atomic E-state index is 0.0668. The molecule has 3 nitrogen and oxygen atoms in total. The maximum absolute atomic E-state index is 10.5. The summed E-state index contributed by atoms with van der Waals surface area (Å²) in [5, 5.41) is 8.19. The Morgan fingerprint density at radius 1 is 1.80 bits per heavy atom. The first-order chi connectivity index (χ1) is 4.70. The number of hydrogen-bond acceptors (Lipinski definition) is 3. The van der Waals surface area contributed by atoms with Gasteiger partial charge in [0.2, 0.25) is 5.91 Å². The zero-order chi connectivity index (χ0) is 7.98. The third-order valence-corrected chi connectivity index (χ3v) is 1.61. The predicted molar refractivity (Wildman–Crippen MR) is 42.2 cm³/mol. The van der Waals surface area contributed by atoms with E-state index in [9.17, 15) is 4.79 Å². The Morgan fingerprint density at radius 3 is 2.80 bits per heavy atom. The lowest BCUT2D eigenvalue weighted by Gasteiger charge is -2.05. The Hall–Kier alpha value is -0.220. The van der Waals surface area contributed by atoms with E-state index < -0.39 is 0 Å². The summed E-state index contributed by atoms with van der Waals surface area (Å²) in [6.07, 6.45) is 2.19. The van der Waals surface area contributed by atoms with E-state index in [4.69, 9.17) is 5.21 Å². The first kappa shape index (κ1) is 9.78. The molecule has 0 heterocycles. The van der Waals surface area contributed by atoms with Gasteiger partial charge in [-0.1, -0.05) is 13.3 Å². The molecule has 0 aliphatic carbocycles. The van der Waals surface area contributed by atoms with Crippen LogP contribution in [0.5, 0.6) is 0 Å². The lowest BCUT2D eigenvalue weighted by atomic mass is 10.2. The molecule has 0 saturated carbocycles. The monoisotopic (exact) mass is 163 g/mol. The fraction of sp³-hybridized carbons (Fsp3) is 0.833. The molecule has 10 heavy (non-hydrogen) atoms. The molecule has 0 radical (unpaired) electrons. The molecular formula is C6H13NO2S. The standard InChI is InChI=1S/C6H13NO2S/c1-2-3-5(10)4-6(8)7-9/h5,9-10H,2-4H2,1H3,(H,7,8). The van der Waals surface area contributed by atoms with Gasteiger partial charge < -0.3 is 0 Å². The van der Waals surface area contributed by atoms with Gasteiger partial charge in [-0.25, -0.2) is 5.48 Å². The number of hydroxylamine groups is 1. The van der Waals surface area contributed by atoms with Gasteiger partial charge in [-0.2, -0.15) is 12.6 Å². The van der Waals surface area contributed by atoms with E-state index in [0.29, 0.717) is 0 Å². The van der Waals surface area contributed by atoms with E-state index in [2.05, 4.69) is 12.6 Å². The number of carbonyl (C=O) groups excluding carboxylic acids is 1. The van der Waals surface area contributed by atoms with E-state index in [1.165, 1.54) is 0 Å². The number of amides is 1. The molecule has 0 aromatic rings. The number of thiol groups is 1. The molecule has 60 valence electrons. The van der Waals surface area contributed by atoms with Crippen LogP contribution in [-0.2, 0) is 4.79 Å². The largest absolute Gasteiger partial charge is 0.289 e. The van der Waals surface area contributed by atoms with Gasteiger partial charge in [0.05, 0.1) is 0 Å². The molecule has 0 bridgehead atoms. The number of rotatable bonds is 4. The van der Waals surface area contributed by atoms with E-state index in [0.717, 1.165) is 12.8 Å². The fourth-order valence-electron chi connectivity index (χ4n) is 0.695. The van der Waals surface area contributed by atoms with Crippen LogP contribution in [0.4, 0.5) is 0 Å². The first-order valence-corrected chi connectivity index (χ1v) is 3.83. The molecule has 0 saturated heterocycles. The SMILES string of the molecule is CCCC(S)CC(=O)NO. The van der Waals surface area contributed by atoms with E-state index in [1.54, 1.807) is 5.48 Å². The van der Waals surface area contributed by atoms with Crippen molar-refractivity contribution in [3.63, 3.8) is 0 Å². The van der Waals surface area contributed by atoms with Crippen molar-refractivity contribution < 1.29 is 10.0 Å². The van der Waals surface area contributed by atoms with Crippen LogP contribution in [0.3, 0.4) is 0 Å². The summed E-state index contributed by atoms with van der Waals surface area (Å²) in [7, 11) is 0. The Labute approximate surface area is 66.2 Å². The van der Waals surface area contributed by atoms with Crippen molar-refractivity contribution in [3.8, 4) is 0 Å². The van der Waals surface area contributed by atoms with Crippen LogP contribution in [0.1, 0.15) is 26.2 Å². The highest BCUT2D eigenvalue weighted by Crippen LogP contribution is 2.07. The van der Waals surface area contributed by atoms with Crippen LogP contribution in [0, 0.1) is 0 Å². The first-order valence-electron chi connectivity index (χ1n) is 3.31. The normalized spacial score (nSPS) is 12.7.